The highest BCUT2D eigenvalue weighted by Crippen LogP contribution is 2.29. The highest BCUT2D eigenvalue weighted by atomic mass is 35.5. The topological polar surface area (TPSA) is 43.0 Å². The van der Waals surface area contributed by atoms with Crippen molar-refractivity contribution in [2.45, 2.75) is 26.5 Å². The average Bonchev–Trinajstić information content (AvgIpc) is 2.75. The minimum Gasteiger partial charge on any atom is -0.490 e. The average molecular weight is 419 g/mol. The van der Waals surface area contributed by atoms with Gasteiger partial charge in [0.2, 0.25) is 0 Å². The van der Waals surface area contributed by atoms with Crippen molar-refractivity contribution in [3.05, 3.63) is 58.6 Å². The van der Waals surface area contributed by atoms with Crippen LogP contribution in [0.15, 0.2) is 42.5 Å². The molecule has 3 rings (SSSR count). The maximum Gasteiger partial charge on any atom is 0.161 e. The molecular weight excluding hydrogens is 388 g/mol. The van der Waals surface area contributed by atoms with Gasteiger partial charge in [-0.05, 0) is 61.8 Å². The third-order valence-electron chi connectivity index (χ3n) is 4.88. The number of nitrogens with one attached hydrogen (secondary N) is 1. The molecule has 2 aromatic carbocycles. The van der Waals surface area contributed by atoms with E-state index in [1.54, 1.807) is 0 Å². The summed E-state index contributed by atoms with van der Waals surface area (Å²) in [6.07, 6.45) is 1.14. The van der Waals surface area contributed by atoms with Crippen LogP contribution in [0.5, 0.6) is 11.5 Å². The Bertz CT molecular complexity index is 733. The van der Waals surface area contributed by atoms with Gasteiger partial charge in [-0.1, -0.05) is 29.8 Å². The van der Waals surface area contributed by atoms with Gasteiger partial charge in [-0.25, -0.2) is 0 Å². The standard InChI is InChI=1S/C23H31ClN2O3/c1-2-28-23-16-20(17-25-10-3-11-26-12-14-27-15-13-26)6-9-22(23)29-18-19-4-7-21(24)8-5-19/h4-9,16,25H,2-3,10-15,17-18H2,1H3. The number of ether oxygens (including phenoxy) is 3. The van der Waals surface area contributed by atoms with Gasteiger partial charge in [0, 0.05) is 24.7 Å². The first-order chi connectivity index (χ1) is 14.2. The van der Waals surface area contributed by atoms with Gasteiger partial charge >= 0.3 is 0 Å². The van der Waals surface area contributed by atoms with E-state index in [2.05, 4.69) is 22.3 Å². The summed E-state index contributed by atoms with van der Waals surface area (Å²) in [6, 6.07) is 13.8. The zero-order valence-electron chi connectivity index (χ0n) is 17.2. The van der Waals surface area contributed by atoms with Crippen molar-refractivity contribution in [2.75, 3.05) is 46.0 Å². The molecule has 1 aliphatic heterocycles. The van der Waals surface area contributed by atoms with E-state index in [1.165, 1.54) is 5.56 Å². The van der Waals surface area contributed by atoms with Gasteiger partial charge in [0.15, 0.2) is 11.5 Å². The van der Waals surface area contributed by atoms with Gasteiger partial charge < -0.3 is 19.5 Å². The summed E-state index contributed by atoms with van der Waals surface area (Å²) in [5, 5.41) is 4.25. The fraction of sp³-hybridized carbons (Fsp3) is 0.478. The first-order valence-corrected chi connectivity index (χ1v) is 10.8. The second-order valence-electron chi connectivity index (χ2n) is 7.11. The van der Waals surface area contributed by atoms with Crippen LogP contribution in [0.3, 0.4) is 0 Å². The first-order valence-electron chi connectivity index (χ1n) is 10.4. The summed E-state index contributed by atoms with van der Waals surface area (Å²) < 4.78 is 17.2. The van der Waals surface area contributed by atoms with Gasteiger partial charge in [0.05, 0.1) is 19.8 Å². The predicted molar refractivity (Wildman–Crippen MR) is 117 cm³/mol. The summed E-state index contributed by atoms with van der Waals surface area (Å²) in [5.41, 5.74) is 2.27. The molecule has 1 aliphatic rings. The molecule has 0 radical (unpaired) electrons. The quantitative estimate of drug-likeness (QED) is 0.556. The van der Waals surface area contributed by atoms with E-state index in [0.29, 0.717) is 13.2 Å². The smallest absolute Gasteiger partial charge is 0.161 e. The van der Waals surface area contributed by atoms with Crippen LogP contribution in [0.4, 0.5) is 0 Å². The van der Waals surface area contributed by atoms with Crippen molar-refractivity contribution < 1.29 is 14.2 Å². The molecule has 158 valence electrons. The molecule has 1 heterocycles. The third-order valence-corrected chi connectivity index (χ3v) is 5.13. The van der Waals surface area contributed by atoms with Crippen molar-refractivity contribution in [3.63, 3.8) is 0 Å². The number of hydrogen-bond acceptors (Lipinski definition) is 5. The summed E-state index contributed by atoms with van der Waals surface area (Å²) in [5.74, 6) is 1.55. The number of rotatable bonds is 11. The monoisotopic (exact) mass is 418 g/mol. The van der Waals surface area contributed by atoms with E-state index < -0.39 is 0 Å². The minimum absolute atomic E-state index is 0.483. The number of hydrogen-bond donors (Lipinski definition) is 1. The lowest BCUT2D eigenvalue weighted by atomic mass is 10.2. The molecule has 2 aromatic rings. The second-order valence-corrected chi connectivity index (χ2v) is 7.55. The van der Waals surface area contributed by atoms with Gasteiger partial charge in [-0.3, -0.25) is 4.90 Å². The lowest BCUT2D eigenvalue weighted by Gasteiger charge is -2.26. The Morgan fingerprint density at radius 3 is 2.52 bits per heavy atom. The Balaban J connectivity index is 1.45. The van der Waals surface area contributed by atoms with Crippen LogP contribution in [0.1, 0.15) is 24.5 Å². The third kappa shape index (κ3) is 7.52. The predicted octanol–water partition coefficient (Wildman–Crippen LogP) is 4.13. The molecular formula is C23H31ClN2O3. The number of morpholine rings is 1. The van der Waals surface area contributed by atoms with Gasteiger partial charge in [-0.2, -0.15) is 0 Å². The van der Waals surface area contributed by atoms with Crippen LogP contribution in [0.25, 0.3) is 0 Å². The molecule has 0 unspecified atom stereocenters. The van der Waals surface area contributed by atoms with Crippen LogP contribution in [0, 0.1) is 0 Å². The molecule has 0 amide bonds. The molecule has 1 fully saturated rings. The molecule has 0 aromatic heterocycles. The molecule has 29 heavy (non-hydrogen) atoms. The Morgan fingerprint density at radius 1 is 1.00 bits per heavy atom. The van der Waals surface area contributed by atoms with Crippen molar-refractivity contribution in [1.29, 1.82) is 0 Å². The van der Waals surface area contributed by atoms with E-state index >= 15 is 0 Å². The van der Waals surface area contributed by atoms with Crippen LogP contribution in [-0.2, 0) is 17.9 Å². The van der Waals surface area contributed by atoms with Crippen LogP contribution < -0.4 is 14.8 Å². The van der Waals surface area contributed by atoms with E-state index in [9.17, 15) is 0 Å². The lowest BCUT2D eigenvalue weighted by molar-refractivity contribution is 0.0374. The van der Waals surface area contributed by atoms with Gasteiger partial charge in [0.1, 0.15) is 6.61 Å². The fourth-order valence-corrected chi connectivity index (χ4v) is 3.40. The Morgan fingerprint density at radius 2 is 1.76 bits per heavy atom. The molecule has 0 bridgehead atoms. The second kappa shape index (κ2) is 12.0. The summed E-state index contributed by atoms with van der Waals surface area (Å²) in [4.78, 5) is 2.46. The molecule has 0 saturated carbocycles. The van der Waals surface area contributed by atoms with Crippen LogP contribution in [0.2, 0.25) is 5.02 Å². The van der Waals surface area contributed by atoms with Gasteiger partial charge in [0.25, 0.3) is 0 Å². The largest absolute Gasteiger partial charge is 0.490 e. The minimum atomic E-state index is 0.483. The van der Waals surface area contributed by atoms with Crippen molar-refractivity contribution in [3.8, 4) is 11.5 Å². The number of nitrogens with zero attached hydrogens (tertiary/aromatic N) is 1. The van der Waals surface area contributed by atoms with Crippen molar-refractivity contribution in [1.82, 2.24) is 10.2 Å². The number of halogens is 1. The zero-order chi connectivity index (χ0) is 20.3. The Kier molecular flexibility index (Phi) is 9.09. The van der Waals surface area contributed by atoms with Crippen LogP contribution in [-0.4, -0.2) is 50.9 Å². The maximum absolute atomic E-state index is 5.98. The summed E-state index contributed by atoms with van der Waals surface area (Å²) >= 11 is 5.94. The van der Waals surface area contributed by atoms with Crippen LogP contribution >= 0.6 is 11.6 Å². The first kappa shape index (κ1) is 21.9. The molecule has 5 nitrogen and oxygen atoms in total. The molecule has 0 atom stereocenters. The van der Waals surface area contributed by atoms with Crippen molar-refractivity contribution >= 4 is 11.6 Å². The van der Waals surface area contributed by atoms with E-state index in [4.69, 9.17) is 25.8 Å². The molecule has 0 aliphatic carbocycles. The summed E-state index contributed by atoms with van der Waals surface area (Å²) in [6.45, 7) is 9.84. The Hall–Kier alpha value is -1.79. The fourth-order valence-electron chi connectivity index (χ4n) is 3.28. The van der Waals surface area contributed by atoms with E-state index in [0.717, 1.165) is 74.4 Å². The highest BCUT2D eigenvalue weighted by Gasteiger charge is 2.10. The van der Waals surface area contributed by atoms with Crippen molar-refractivity contribution in [2.24, 2.45) is 0 Å². The molecule has 1 N–H and O–H groups in total. The Labute approximate surface area is 178 Å². The molecule has 1 saturated heterocycles. The molecule has 0 spiro atoms. The zero-order valence-corrected chi connectivity index (χ0v) is 17.9. The normalized spacial score (nSPS) is 14.7. The molecule has 6 heteroatoms. The lowest BCUT2D eigenvalue weighted by Crippen LogP contribution is -2.37. The van der Waals surface area contributed by atoms with E-state index in [1.807, 2.05) is 37.3 Å². The van der Waals surface area contributed by atoms with Gasteiger partial charge in [-0.15, -0.1) is 0 Å². The van der Waals surface area contributed by atoms with E-state index in [-0.39, 0.29) is 0 Å². The number of benzene rings is 2. The maximum atomic E-state index is 5.98. The SMILES string of the molecule is CCOc1cc(CNCCCN2CCOCC2)ccc1OCc1ccc(Cl)cc1. The highest BCUT2D eigenvalue weighted by molar-refractivity contribution is 6.30. The summed E-state index contributed by atoms with van der Waals surface area (Å²) in [7, 11) is 0.